The number of aliphatic hydroxyl groups excluding tert-OH is 1. The van der Waals surface area contributed by atoms with Crippen LogP contribution in [0.3, 0.4) is 0 Å². The molecule has 1 atom stereocenters. The van der Waals surface area contributed by atoms with Gasteiger partial charge in [0.15, 0.2) is 0 Å². The molecule has 1 aliphatic rings. The molecule has 1 aliphatic heterocycles. The fourth-order valence-electron chi connectivity index (χ4n) is 2.42. The summed E-state index contributed by atoms with van der Waals surface area (Å²) in [7, 11) is -2.16. The maximum Gasteiger partial charge on any atom is 0.247 e. The van der Waals surface area contributed by atoms with Crippen LogP contribution in [-0.2, 0) is 10.0 Å². The molecule has 106 valence electrons. The molecule has 0 unspecified atom stereocenters. The number of aliphatic hydroxyl groups is 1. The third-order valence-electron chi connectivity index (χ3n) is 3.44. The van der Waals surface area contributed by atoms with E-state index in [4.69, 9.17) is 4.74 Å². The molecule has 1 N–H and O–H groups in total. The molecule has 0 radical (unpaired) electrons. The summed E-state index contributed by atoms with van der Waals surface area (Å²) in [6, 6.07) is 4.76. The lowest BCUT2D eigenvalue weighted by Gasteiger charge is -2.23. The van der Waals surface area contributed by atoms with Crippen LogP contribution >= 0.6 is 0 Å². The molecule has 0 amide bonds. The molecule has 5 nitrogen and oxygen atoms in total. The highest BCUT2D eigenvalue weighted by molar-refractivity contribution is 7.89. The van der Waals surface area contributed by atoms with Gasteiger partial charge in [-0.15, -0.1) is 0 Å². The third kappa shape index (κ3) is 2.61. The second-order valence-corrected chi connectivity index (χ2v) is 6.61. The molecule has 0 aromatic heterocycles. The molecule has 0 bridgehead atoms. The molecule has 0 aliphatic carbocycles. The van der Waals surface area contributed by atoms with Gasteiger partial charge in [-0.05, 0) is 37.5 Å². The van der Waals surface area contributed by atoms with Crippen molar-refractivity contribution in [3.63, 3.8) is 0 Å². The Kier molecular flexibility index (Phi) is 4.13. The van der Waals surface area contributed by atoms with Crippen molar-refractivity contribution in [3.8, 4) is 5.75 Å². The molecule has 1 aromatic rings. The molecule has 1 heterocycles. The van der Waals surface area contributed by atoms with Gasteiger partial charge in [-0.25, -0.2) is 8.42 Å². The summed E-state index contributed by atoms with van der Waals surface area (Å²) in [6.45, 7) is 2.14. The van der Waals surface area contributed by atoms with Crippen LogP contribution in [0, 0.1) is 6.92 Å². The van der Waals surface area contributed by atoms with Crippen molar-refractivity contribution < 1.29 is 18.3 Å². The number of hydrogen-bond acceptors (Lipinski definition) is 4. The minimum atomic E-state index is -3.62. The predicted molar refractivity (Wildman–Crippen MR) is 71.7 cm³/mol. The smallest absolute Gasteiger partial charge is 0.247 e. The number of aryl methyl sites for hydroxylation is 1. The Hall–Kier alpha value is -1.11. The quantitative estimate of drug-likeness (QED) is 0.901. The number of methoxy groups -OCH3 is 1. The Morgan fingerprint density at radius 1 is 1.47 bits per heavy atom. The van der Waals surface area contributed by atoms with Gasteiger partial charge in [0.25, 0.3) is 0 Å². The largest absolute Gasteiger partial charge is 0.495 e. The normalized spacial score (nSPS) is 20.7. The van der Waals surface area contributed by atoms with Gasteiger partial charge in [0.2, 0.25) is 10.0 Å². The van der Waals surface area contributed by atoms with Crippen molar-refractivity contribution in [2.45, 2.75) is 30.7 Å². The number of nitrogens with zero attached hydrogens (tertiary/aromatic N) is 1. The van der Waals surface area contributed by atoms with E-state index in [2.05, 4.69) is 0 Å². The van der Waals surface area contributed by atoms with Crippen LogP contribution < -0.4 is 4.74 Å². The summed E-state index contributed by atoms with van der Waals surface area (Å²) in [6.07, 6.45) is 1.47. The number of sulfonamides is 1. The summed E-state index contributed by atoms with van der Waals surface area (Å²) in [5, 5.41) is 9.29. The Balaban J connectivity index is 2.47. The predicted octanol–water partition coefficient (Wildman–Crippen LogP) is 1.15. The highest BCUT2D eigenvalue weighted by atomic mass is 32.2. The van der Waals surface area contributed by atoms with E-state index >= 15 is 0 Å². The molecule has 1 saturated heterocycles. The third-order valence-corrected chi connectivity index (χ3v) is 5.41. The summed E-state index contributed by atoms with van der Waals surface area (Å²) in [4.78, 5) is 0.176. The van der Waals surface area contributed by atoms with Crippen molar-refractivity contribution in [2.75, 3.05) is 20.3 Å². The Morgan fingerprint density at radius 2 is 2.21 bits per heavy atom. The maximum absolute atomic E-state index is 12.7. The van der Waals surface area contributed by atoms with E-state index in [0.29, 0.717) is 18.7 Å². The van der Waals surface area contributed by atoms with Gasteiger partial charge in [-0.1, -0.05) is 6.07 Å². The Labute approximate surface area is 113 Å². The number of hydrogen-bond donors (Lipinski definition) is 1. The molecule has 1 fully saturated rings. The lowest BCUT2D eigenvalue weighted by molar-refractivity contribution is 0.213. The summed E-state index contributed by atoms with van der Waals surface area (Å²) in [5.74, 6) is 0.342. The first-order valence-corrected chi connectivity index (χ1v) is 7.72. The number of rotatable bonds is 4. The first-order valence-electron chi connectivity index (χ1n) is 6.28. The standard InChI is InChI=1S/C13H19NO4S/c1-10-5-6-12(18-2)13(8-10)19(16,17)14-7-3-4-11(14)9-15/h5-6,8,11,15H,3-4,7,9H2,1-2H3/t11-/m0/s1. The van der Waals surface area contributed by atoms with E-state index in [1.165, 1.54) is 11.4 Å². The lowest BCUT2D eigenvalue weighted by Crippen LogP contribution is -2.37. The molecule has 19 heavy (non-hydrogen) atoms. The molecular formula is C13H19NO4S. The fraction of sp³-hybridized carbons (Fsp3) is 0.538. The van der Waals surface area contributed by atoms with Crippen LogP contribution in [0.1, 0.15) is 18.4 Å². The number of benzene rings is 1. The van der Waals surface area contributed by atoms with Crippen molar-refractivity contribution in [3.05, 3.63) is 23.8 Å². The van der Waals surface area contributed by atoms with E-state index < -0.39 is 10.0 Å². The minimum absolute atomic E-state index is 0.145. The first-order chi connectivity index (χ1) is 9.00. The molecule has 0 saturated carbocycles. The van der Waals surface area contributed by atoms with Crippen LogP contribution in [-0.4, -0.2) is 44.1 Å². The van der Waals surface area contributed by atoms with E-state index in [0.717, 1.165) is 12.0 Å². The minimum Gasteiger partial charge on any atom is -0.495 e. The van der Waals surface area contributed by atoms with Crippen LogP contribution in [0.5, 0.6) is 5.75 Å². The van der Waals surface area contributed by atoms with E-state index in [-0.39, 0.29) is 17.5 Å². The molecule has 6 heteroatoms. The van der Waals surface area contributed by atoms with Crippen LogP contribution in [0.25, 0.3) is 0 Å². The van der Waals surface area contributed by atoms with Crippen LogP contribution in [0.15, 0.2) is 23.1 Å². The van der Waals surface area contributed by atoms with Gasteiger partial charge in [-0.2, -0.15) is 4.31 Å². The van der Waals surface area contributed by atoms with E-state index in [1.807, 2.05) is 13.0 Å². The second-order valence-electron chi connectivity index (χ2n) is 4.75. The zero-order valence-electron chi connectivity index (χ0n) is 11.2. The molecule has 1 aromatic carbocycles. The summed E-state index contributed by atoms with van der Waals surface area (Å²) >= 11 is 0. The SMILES string of the molecule is COc1ccc(C)cc1S(=O)(=O)N1CCC[C@H]1CO. The monoisotopic (exact) mass is 285 g/mol. The molecule has 2 rings (SSSR count). The van der Waals surface area contributed by atoms with E-state index in [9.17, 15) is 13.5 Å². The average molecular weight is 285 g/mol. The van der Waals surface area contributed by atoms with Gasteiger partial charge in [0.1, 0.15) is 10.6 Å². The van der Waals surface area contributed by atoms with Crippen LogP contribution in [0.4, 0.5) is 0 Å². The zero-order chi connectivity index (χ0) is 14.0. The highest BCUT2D eigenvalue weighted by Crippen LogP contribution is 2.31. The molecular weight excluding hydrogens is 266 g/mol. The van der Waals surface area contributed by atoms with Gasteiger partial charge >= 0.3 is 0 Å². The average Bonchev–Trinajstić information content (AvgIpc) is 2.87. The van der Waals surface area contributed by atoms with Crippen molar-refractivity contribution in [1.82, 2.24) is 4.31 Å². The topological polar surface area (TPSA) is 66.8 Å². The first kappa shape index (κ1) is 14.3. The van der Waals surface area contributed by atoms with Crippen molar-refractivity contribution in [2.24, 2.45) is 0 Å². The van der Waals surface area contributed by atoms with Gasteiger partial charge in [-0.3, -0.25) is 0 Å². The number of ether oxygens (including phenoxy) is 1. The van der Waals surface area contributed by atoms with Gasteiger partial charge < -0.3 is 9.84 Å². The van der Waals surface area contributed by atoms with Crippen molar-refractivity contribution >= 4 is 10.0 Å². The van der Waals surface area contributed by atoms with Gasteiger partial charge in [0.05, 0.1) is 13.7 Å². The zero-order valence-corrected chi connectivity index (χ0v) is 12.0. The van der Waals surface area contributed by atoms with E-state index in [1.54, 1.807) is 12.1 Å². The fourth-order valence-corrected chi connectivity index (χ4v) is 4.35. The lowest BCUT2D eigenvalue weighted by atomic mass is 10.2. The summed E-state index contributed by atoms with van der Waals surface area (Å²) in [5.41, 5.74) is 0.860. The van der Waals surface area contributed by atoms with Crippen molar-refractivity contribution in [1.29, 1.82) is 0 Å². The van der Waals surface area contributed by atoms with Gasteiger partial charge in [0, 0.05) is 12.6 Å². The second kappa shape index (κ2) is 5.48. The summed E-state index contributed by atoms with van der Waals surface area (Å²) < 4.78 is 31.9. The molecule has 0 spiro atoms. The Morgan fingerprint density at radius 3 is 2.84 bits per heavy atom. The highest BCUT2D eigenvalue weighted by Gasteiger charge is 2.36. The van der Waals surface area contributed by atoms with Crippen LogP contribution in [0.2, 0.25) is 0 Å². The Bertz CT molecular complexity index is 556. The maximum atomic E-state index is 12.7.